The number of rotatable bonds is 64. The molecule has 0 aromatic heterocycles. The van der Waals surface area contributed by atoms with Gasteiger partial charge in [-0.3, -0.25) is 9.32 Å². The van der Waals surface area contributed by atoms with Crippen LogP contribution in [0.5, 0.6) is 0 Å². The van der Waals surface area contributed by atoms with Crippen molar-refractivity contribution in [2.75, 3.05) is 53.3 Å². The molecule has 534 valence electrons. The van der Waals surface area contributed by atoms with Crippen LogP contribution in [-0.2, 0) is 51.8 Å². The highest BCUT2D eigenvalue weighted by atomic mass is 31.2. The third-order valence-electron chi connectivity index (χ3n) is 18.0. The van der Waals surface area contributed by atoms with Gasteiger partial charge in [-0.2, -0.15) is 0 Å². The molecule has 12 atom stereocenters. The van der Waals surface area contributed by atoms with Crippen LogP contribution in [0, 0.1) is 0 Å². The van der Waals surface area contributed by atoms with Crippen LogP contribution < -0.4 is 10.6 Å². The Balaban J connectivity index is 2.02. The lowest BCUT2D eigenvalue weighted by Crippen LogP contribution is -2.68. The fraction of sp³-hybridized carbons (Fsp3) is 0.971. The number of carbonyl (C=O) groups is 2. The summed E-state index contributed by atoms with van der Waals surface area (Å²) in [5.41, 5.74) is 0. The first-order valence-electron chi connectivity index (χ1n) is 36.9. The fourth-order valence-corrected chi connectivity index (χ4v) is 13.2. The lowest BCUT2D eigenvalue weighted by atomic mass is 9.92. The Kier molecular flexibility index (Phi) is 53.4. The van der Waals surface area contributed by atoms with Crippen molar-refractivity contribution in [2.24, 2.45) is 0 Å². The number of methoxy groups -OCH3 is 1. The van der Waals surface area contributed by atoms with E-state index in [4.69, 9.17) is 37.7 Å². The Labute approximate surface area is 547 Å². The number of phosphoric acid groups is 1. The van der Waals surface area contributed by atoms with E-state index in [0.29, 0.717) is 25.7 Å². The lowest BCUT2D eigenvalue weighted by molar-refractivity contribution is -0.290. The summed E-state index contributed by atoms with van der Waals surface area (Å²) in [6.07, 6.45) is 37.3. The molecule has 20 heteroatoms. The maximum absolute atomic E-state index is 13.1. The molecule has 0 bridgehead atoms. The topological polar surface area (TPSA) is 270 Å². The van der Waals surface area contributed by atoms with Gasteiger partial charge in [0.25, 0.3) is 0 Å². The second kappa shape index (κ2) is 56.8. The number of aliphatic hydroxyl groups excluding tert-OH is 3. The van der Waals surface area contributed by atoms with Crippen molar-refractivity contribution >= 4 is 19.7 Å². The molecule has 2 heterocycles. The zero-order chi connectivity index (χ0) is 65.7. The summed E-state index contributed by atoms with van der Waals surface area (Å²) < 4.78 is 60.7. The summed E-state index contributed by atoms with van der Waals surface area (Å²) in [4.78, 5) is 46.3. The smallest absolute Gasteiger partial charge is 0.470 e. The number of carboxylic acids is 1. The Hall–Kier alpha value is -1.39. The van der Waals surface area contributed by atoms with Crippen LogP contribution >= 0.6 is 7.82 Å². The summed E-state index contributed by atoms with van der Waals surface area (Å²) in [6.45, 7) is 9.46. The number of aliphatic hydroxyl groups is 3. The molecule has 0 saturated carbocycles. The van der Waals surface area contributed by atoms with Gasteiger partial charge in [-0.15, -0.1) is 0 Å². The summed E-state index contributed by atoms with van der Waals surface area (Å²) in [7, 11) is -3.77. The third-order valence-corrected chi connectivity index (χ3v) is 18.5. The minimum absolute atomic E-state index is 0.0192. The average Bonchev–Trinajstić information content (AvgIpc) is 0.831. The number of aliphatic carboxylic acids is 1. The van der Waals surface area contributed by atoms with Gasteiger partial charge in [0.05, 0.1) is 31.5 Å². The van der Waals surface area contributed by atoms with Crippen LogP contribution in [0.25, 0.3) is 0 Å². The number of hydrogen-bond acceptors (Lipinski definition) is 15. The monoisotopic (exact) mass is 1310 g/mol. The van der Waals surface area contributed by atoms with Crippen molar-refractivity contribution in [1.29, 1.82) is 0 Å². The predicted molar refractivity (Wildman–Crippen MR) is 358 cm³/mol. The number of phosphoric ester groups is 1. The molecule has 2 aliphatic heterocycles. The van der Waals surface area contributed by atoms with Crippen molar-refractivity contribution in [2.45, 2.75) is 384 Å². The Morgan fingerprint density at radius 1 is 0.478 bits per heavy atom. The van der Waals surface area contributed by atoms with Crippen molar-refractivity contribution in [1.82, 2.24) is 10.6 Å². The minimum Gasteiger partial charge on any atom is -0.479 e. The lowest BCUT2D eigenvalue weighted by Gasteiger charge is -2.47. The normalized spacial score (nSPS) is 22.9. The maximum atomic E-state index is 13.1. The first-order valence-corrected chi connectivity index (χ1v) is 38.4. The number of amides is 1. The quantitative estimate of drug-likeness (QED) is 0.0208. The highest BCUT2D eigenvalue weighted by molar-refractivity contribution is 7.46. The predicted octanol–water partition coefficient (Wildman–Crippen LogP) is 14.3. The van der Waals surface area contributed by atoms with E-state index in [1.54, 1.807) is 0 Å². The van der Waals surface area contributed by atoms with E-state index in [1.807, 2.05) is 0 Å². The van der Waals surface area contributed by atoms with Crippen LogP contribution in [0.1, 0.15) is 310 Å². The van der Waals surface area contributed by atoms with Crippen LogP contribution in [0.4, 0.5) is 0 Å². The highest BCUT2D eigenvalue weighted by Crippen LogP contribution is 2.42. The average molecular weight is 1310 g/mol. The summed E-state index contributed by atoms with van der Waals surface area (Å²) >= 11 is 0. The van der Waals surface area contributed by atoms with Gasteiger partial charge in [0.15, 0.2) is 12.4 Å². The molecule has 8 N–H and O–H groups in total. The molecule has 2 aliphatic rings. The van der Waals surface area contributed by atoms with Gasteiger partial charge in [-0.05, 0) is 51.5 Å². The van der Waals surface area contributed by atoms with Crippen molar-refractivity contribution in [3.63, 3.8) is 0 Å². The van der Waals surface area contributed by atoms with E-state index in [-0.39, 0.29) is 32.8 Å². The molecule has 2 fully saturated rings. The van der Waals surface area contributed by atoms with E-state index in [1.165, 1.54) is 194 Å². The zero-order valence-electron chi connectivity index (χ0n) is 57.6. The largest absolute Gasteiger partial charge is 0.479 e. The number of nitrogens with one attached hydrogen (secondary N) is 2. The van der Waals surface area contributed by atoms with E-state index in [9.17, 15) is 44.4 Å². The third kappa shape index (κ3) is 42.9. The van der Waals surface area contributed by atoms with Crippen molar-refractivity contribution in [3.8, 4) is 0 Å². The molecular weight excluding hydrogens is 1170 g/mol. The molecule has 2 rings (SSSR count). The van der Waals surface area contributed by atoms with Crippen molar-refractivity contribution < 1.29 is 82.0 Å². The van der Waals surface area contributed by atoms with Crippen LogP contribution in [0.3, 0.4) is 0 Å². The molecule has 2 saturated heterocycles. The Morgan fingerprint density at radius 3 is 1.31 bits per heavy atom. The van der Waals surface area contributed by atoms with E-state index in [0.717, 1.165) is 83.8 Å². The summed E-state index contributed by atoms with van der Waals surface area (Å²) in [5, 5.41) is 50.8. The van der Waals surface area contributed by atoms with Gasteiger partial charge >= 0.3 is 13.8 Å². The molecule has 2 unspecified atom stereocenters. The number of carboxylic acid groups (broad SMARTS) is 1. The van der Waals surface area contributed by atoms with Gasteiger partial charge < -0.3 is 74.0 Å². The number of ether oxygens (including phenoxy) is 7. The van der Waals surface area contributed by atoms with E-state index >= 15 is 0 Å². The van der Waals surface area contributed by atoms with Gasteiger partial charge in [0.1, 0.15) is 42.7 Å². The minimum atomic E-state index is -5.16. The van der Waals surface area contributed by atoms with Crippen LogP contribution in [0.15, 0.2) is 0 Å². The standard InChI is InChI=1S/C70H137N2O17P/c1-6-9-12-15-18-21-28-33-38-43-51-83-52-44-39-34-29-24-22-23-25-30-35-40-45-53-84-67-63(72-57(4)73)70(88-61(55-82-5)65(67)89-90(79,80)81)86-56-60-64(76)66(85-54-49-59(75)47-42-37-32-27-20-17-14-11-8-3)62(68(87-60)69(77)78)71-50-48-58(74)46-41-36-31-26-19-16-13-10-7-2/h58-68,70-71,74-76H,6-56H2,1-5H3,(H,72,73)(H,77,78)(H2,79,80,81)/t58?,59?,60-,61-,62-,63-,64-,65-,66-,67-,68+,70-/m1/s1. The molecule has 0 aromatic carbocycles. The number of unbranched alkanes of at least 4 members (excludes halogenated alkanes) is 36. The maximum Gasteiger partial charge on any atom is 0.470 e. The number of hydrogen-bond donors (Lipinski definition) is 8. The molecule has 0 aromatic rings. The first kappa shape index (κ1) is 84.7. The second-order valence-electron chi connectivity index (χ2n) is 26.3. The molecule has 19 nitrogen and oxygen atoms in total. The molecular formula is C70H137N2O17P. The van der Waals surface area contributed by atoms with Crippen LogP contribution in [-0.4, -0.2) is 169 Å². The Bertz CT molecular complexity index is 1700. The van der Waals surface area contributed by atoms with Gasteiger partial charge in [0, 0.05) is 40.5 Å². The molecule has 90 heavy (non-hydrogen) atoms. The van der Waals surface area contributed by atoms with Gasteiger partial charge in [0.2, 0.25) is 5.91 Å². The zero-order valence-corrected chi connectivity index (χ0v) is 58.5. The first-order chi connectivity index (χ1) is 43.7. The molecule has 1 amide bonds. The second-order valence-corrected chi connectivity index (χ2v) is 27.5. The van der Waals surface area contributed by atoms with Crippen molar-refractivity contribution in [3.05, 3.63) is 0 Å². The Morgan fingerprint density at radius 2 is 0.889 bits per heavy atom. The molecule has 0 radical (unpaired) electrons. The summed E-state index contributed by atoms with van der Waals surface area (Å²) in [6, 6.07) is -2.26. The highest BCUT2D eigenvalue weighted by Gasteiger charge is 2.53. The van der Waals surface area contributed by atoms with Crippen LogP contribution in [0.2, 0.25) is 0 Å². The summed E-state index contributed by atoms with van der Waals surface area (Å²) in [5.74, 6) is -1.84. The molecule has 0 spiro atoms. The SMILES string of the molecule is CCCCCCCCCCCCOCCCCCCCCCCCCCCO[C@@H]1[C@@H](NC(C)=O)[C@H](OC[C@H]2O[C@H](C(=O)O)[C@H](NCCC(O)CCCCCCCCCCC)[C@@H](OCCC(O)CCCCCCCCCCC)[C@@H]2O)O[C@H](COC)[C@H]1OP(=O)(O)O. The van der Waals surface area contributed by atoms with E-state index < -0.39 is 99.6 Å². The van der Waals surface area contributed by atoms with Gasteiger partial charge in [-0.1, -0.05) is 258 Å². The molecule has 0 aliphatic carbocycles. The number of carbonyl (C=O) groups excluding carboxylic acids is 1. The fourth-order valence-electron chi connectivity index (χ4n) is 12.6. The van der Waals surface area contributed by atoms with E-state index in [2.05, 4.69) is 31.4 Å². The van der Waals surface area contributed by atoms with Gasteiger partial charge in [-0.25, -0.2) is 9.36 Å².